The lowest BCUT2D eigenvalue weighted by molar-refractivity contribution is -0.121. The van der Waals surface area contributed by atoms with E-state index in [4.69, 9.17) is 0 Å². The summed E-state index contributed by atoms with van der Waals surface area (Å²) in [5, 5.41) is 0. The molecule has 0 radical (unpaired) electrons. The molecule has 0 aromatic heterocycles. The van der Waals surface area contributed by atoms with Gasteiger partial charge in [0.15, 0.2) is 0 Å². The van der Waals surface area contributed by atoms with E-state index in [0.29, 0.717) is 12.1 Å². The van der Waals surface area contributed by atoms with Crippen LogP contribution in [0.25, 0.3) is 0 Å². The molecule has 0 spiro atoms. The van der Waals surface area contributed by atoms with E-state index in [9.17, 15) is 22.4 Å². The van der Waals surface area contributed by atoms with Crippen LogP contribution in [0.4, 0.5) is 17.6 Å². The van der Waals surface area contributed by atoms with Gasteiger partial charge in [0.1, 0.15) is 29.1 Å². The van der Waals surface area contributed by atoms with Gasteiger partial charge in [-0.25, -0.2) is 17.6 Å². The van der Waals surface area contributed by atoms with E-state index in [1.54, 1.807) is 0 Å². The molecule has 0 aliphatic carbocycles. The molecule has 0 saturated heterocycles. The maximum atomic E-state index is 13.2. The van der Waals surface area contributed by atoms with Crippen LogP contribution >= 0.6 is 0 Å². The second-order valence-electron chi connectivity index (χ2n) is 5.25. The highest BCUT2D eigenvalue weighted by atomic mass is 19.1. The van der Waals surface area contributed by atoms with Gasteiger partial charge in [-0.2, -0.15) is 0 Å². The first-order valence-electron chi connectivity index (χ1n) is 6.73. The molecule has 1 nitrogen and oxygen atoms in total. The van der Waals surface area contributed by atoms with E-state index in [1.165, 1.54) is 13.8 Å². The minimum Gasteiger partial charge on any atom is -0.298 e. The summed E-state index contributed by atoms with van der Waals surface area (Å²) in [7, 11) is 0. The molecule has 0 aliphatic rings. The van der Waals surface area contributed by atoms with Crippen molar-refractivity contribution in [2.75, 3.05) is 0 Å². The zero-order chi connectivity index (χ0) is 16.4. The number of carbonyl (C=O) groups is 1. The van der Waals surface area contributed by atoms with Crippen LogP contribution in [0.2, 0.25) is 0 Å². The molecular formula is C17H14F4O. The Bertz CT molecular complexity index is 612. The lowest BCUT2D eigenvalue weighted by Gasteiger charge is -2.17. The third-order valence-electron chi connectivity index (χ3n) is 3.62. The molecule has 2 aromatic rings. The molecular weight excluding hydrogens is 296 g/mol. The lowest BCUT2D eigenvalue weighted by atomic mass is 9.85. The highest BCUT2D eigenvalue weighted by Gasteiger charge is 2.24. The predicted molar refractivity (Wildman–Crippen MR) is 74.6 cm³/mol. The molecule has 2 atom stereocenters. The van der Waals surface area contributed by atoms with Crippen molar-refractivity contribution >= 4 is 5.78 Å². The molecule has 0 bridgehead atoms. The number of benzene rings is 2. The molecule has 2 aromatic carbocycles. The van der Waals surface area contributed by atoms with Crippen molar-refractivity contribution in [2.24, 2.45) is 0 Å². The number of rotatable bonds is 4. The van der Waals surface area contributed by atoms with Gasteiger partial charge in [0.25, 0.3) is 0 Å². The molecule has 22 heavy (non-hydrogen) atoms. The number of hydrogen-bond donors (Lipinski definition) is 0. The number of ketones is 1. The Morgan fingerprint density at radius 2 is 0.955 bits per heavy atom. The monoisotopic (exact) mass is 310 g/mol. The first-order chi connectivity index (χ1) is 10.3. The van der Waals surface area contributed by atoms with Crippen LogP contribution in [0.5, 0.6) is 0 Å². The summed E-state index contributed by atoms with van der Waals surface area (Å²) >= 11 is 0. The topological polar surface area (TPSA) is 17.1 Å². The van der Waals surface area contributed by atoms with Crippen LogP contribution in [0.15, 0.2) is 36.4 Å². The highest BCUT2D eigenvalue weighted by molar-refractivity contribution is 5.91. The fraction of sp³-hybridized carbons (Fsp3) is 0.235. The second kappa shape index (κ2) is 6.30. The summed E-state index contributed by atoms with van der Waals surface area (Å²) in [6.07, 6.45) is 0. The SMILES string of the molecule is CC(C(=O)C(C)c1cc(F)cc(F)c1)c1cc(F)cc(F)c1. The summed E-state index contributed by atoms with van der Waals surface area (Å²) in [4.78, 5) is 12.4. The summed E-state index contributed by atoms with van der Waals surface area (Å²) < 4.78 is 52.9. The third kappa shape index (κ3) is 3.53. The van der Waals surface area contributed by atoms with Crippen molar-refractivity contribution in [1.29, 1.82) is 0 Å². The van der Waals surface area contributed by atoms with Crippen LogP contribution < -0.4 is 0 Å². The number of halogens is 4. The highest BCUT2D eigenvalue weighted by Crippen LogP contribution is 2.28. The minimum atomic E-state index is -0.800. The van der Waals surface area contributed by atoms with Crippen LogP contribution in [-0.4, -0.2) is 5.78 Å². The van der Waals surface area contributed by atoms with Crippen LogP contribution in [0.1, 0.15) is 36.8 Å². The summed E-state index contributed by atoms with van der Waals surface area (Å²) in [6.45, 7) is 3.01. The van der Waals surface area contributed by atoms with Gasteiger partial charge < -0.3 is 0 Å². The quantitative estimate of drug-likeness (QED) is 0.747. The van der Waals surface area contributed by atoms with Crippen molar-refractivity contribution in [3.63, 3.8) is 0 Å². The van der Waals surface area contributed by atoms with Gasteiger partial charge in [0, 0.05) is 24.0 Å². The first-order valence-corrected chi connectivity index (χ1v) is 6.73. The fourth-order valence-corrected chi connectivity index (χ4v) is 2.35. The predicted octanol–water partition coefficient (Wildman–Crippen LogP) is 4.72. The van der Waals surface area contributed by atoms with Gasteiger partial charge in [-0.1, -0.05) is 13.8 Å². The van der Waals surface area contributed by atoms with E-state index in [1.807, 2.05) is 0 Å². The molecule has 2 rings (SSSR count). The number of hydrogen-bond acceptors (Lipinski definition) is 1. The van der Waals surface area contributed by atoms with Crippen LogP contribution in [-0.2, 0) is 4.79 Å². The van der Waals surface area contributed by atoms with Gasteiger partial charge in [-0.05, 0) is 35.4 Å². The van der Waals surface area contributed by atoms with E-state index < -0.39 is 35.1 Å². The van der Waals surface area contributed by atoms with Crippen molar-refractivity contribution in [2.45, 2.75) is 25.7 Å². The van der Waals surface area contributed by atoms with Crippen LogP contribution in [0, 0.1) is 23.3 Å². The Balaban J connectivity index is 2.29. The smallest absolute Gasteiger partial charge is 0.147 e. The molecule has 0 heterocycles. The lowest BCUT2D eigenvalue weighted by Crippen LogP contribution is -2.17. The Labute approximate surface area is 125 Å². The van der Waals surface area contributed by atoms with E-state index in [-0.39, 0.29) is 16.9 Å². The Morgan fingerprint density at radius 1 is 0.682 bits per heavy atom. The maximum Gasteiger partial charge on any atom is 0.147 e. The van der Waals surface area contributed by atoms with Crippen molar-refractivity contribution in [3.05, 3.63) is 70.8 Å². The Hall–Kier alpha value is -2.17. The largest absolute Gasteiger partial charge is 0.298 e. The van der Waals surface area contributed by atoms with Crippen LogP contribution in [0.3, 0.4) is 0 Å². The van der Waals surface area contributed by atoms with E-state index >= 15 is 0 Å². The third-order valence-corrected chi connectivity index (χ3v) is 3.62. The van der Waals surface area contributed by atoms with Gasteiger partial charge in [-0.15, -0.1) is 0 Å². The molecule has 0 amide bonds. The molecule has 116 valence electrons. The molecule has 0 N–H and O–H groups in total. The molecule has 0 saturated carbocycles. The van der Waals surface area contributed by atoms with Gasteiger partial charge in [0.2, 0.25) is 0 Å². The molecule has 5 heteroatoms. The van der Waals surface area contributed by atoms with Gasteiger partial charge in [0.05, 0.1) is 0 Å². The van der Waals surface area contributed by atoms with Gasteiger partial charge >= 0.3 is 0 Å². The maximum absolute atomic E-state index is 13.2. The van der Waals surface area contributed by atoms with E-state index in [0.717, 1.165) is 24.3 Å². The zero-order valence-electron chi connectivity index (χ0n) is 12.0. The molecule has 0 aliphatic heterocycles. The average Bonchev–Trinajstić information content (AvgIpc) is 2.42. The summed E-state index contributed by atoms with van der Waals surface area (Å²) in [5.41, 5.74) is 0.373. The normalized spacial score (nSPS) is 13.7. The summed E-state index contributed by atoms with van der Waals surface area (Å²) in [5.74, 6) is -5.09. The number of carbonyl (C=O) groups excluding carboxylic acids is 1. The fourth-order valence-electron chi connectivity index (χ4n) is 2.35. The standard InChI is InChI=1S/C17H14F4O/c1-9(11-3-13(18)7-14(19)4-11)17(22)10(2)12-5-15(20)8-16(21)6-12/h3-10H,1-2H3. The van der Waals surface area contributed by atoms with Crippen molar-refractivity contribution < 1.29 is 22.4 Å². The Morgan fingerprint density at radius 3 is 1.23 bits per heavy atom. The van der Waals surface area contributed by atoms with E-state index in [2.05, 4.69) is 0 Å². The summed E-state index contributed by atoms with van der Waals surface area (Å²) in [6, 6.07) is 5.72. The second-order valence-corrected chi connectivity index (χ2v) is 5.25. The first kappa shape index (κ1) is 16.2. The molecule has 2 unspecified atom stereocenters. The molecule has 0 fully saturated rings. The minimum absolute atomic E-state index is 0.186. The average molecular weight is 310 g/mol. The number of Topliss-reactive ketones (excluding diaryl/α,β-unsaturated/α-hetero) is 1. The van der Waals surface area contributed by atoms with Gasteiger partial charge in [-0.3, -0.25) is 4.79 Å². The Kier molecular flexibility index (Phi) is 4.64. The zero-order valence-corrected chi connectivity index (χ0v) is 12.0. The van der Waals surface area contributed by atoms with Crippen molar-refractivity contribution in [1.82, 2.24) is 0 Å². The van der Waals surface area contributed by atoms with Crippen molar-refractivity contribution in [3.8, 4) is 0 Å².